The van der Waals surface area contributed by atoms with Crippen LogP contribution in [-0.2, 0) is 0 Å². The van der Waals surface area contributed by atoms with Crippen LogP contribution in [0.15, 0.2) is 0 Å². The van der Waals surface area contributed by atoms with Gasteiger partial charge in [0.2, 0.25) is 0 Å². The summed E-state index contributed by atoms with van der Waals surface area (Å²) in [5.74, 6) is 0.613. The van der Waals surface area contributed by atoms with Crippen molar-refractivity contribution in [2.75, 3.05) is 58.9 Å². The highest BCUT2D eigenvalue weighted by Crippen LogP contribution is 2.39. The lowest BCUT2D eigenvalue weighted by molar-refractivity contribution is -0.154. The van der Waals surface area contributed by atoms with Crippen molar-refractivity contribution < 1.29 is 13.2 Å². The molecule has 122 valence electrons. The van der Waals surface area contributed by atoms with Crippen molar-refractivity contribution in [2.24, 2.45) is 11.7 Å². The Morgan fingerprint density at radius 1 is 1.00 bits per heavy atom. The summed E-state index contributed by atoms with van der Waals surface area (Å²) >= 11 is 0. The molecule has 4 rings (SSSR count). The van der Waals surface area contributed by atoms with E-state index >= 15 is 0 Å². The Bertz CT molecular complexity index is 360. The van der Waals surface area contributed by atoms with Gasteiger partial charge in [0, 0.05) is 44.8 Å². The highest BCUT2D eigenvalue weighted by atomic mass is 19.4. The van der Waals surface area contributed by atoms with E-state index in [0.29, 0.717) is 38.6 Å². The molecule has 0 aromatic heterocycles. The maximum atomic E-state index is 12.5. The first-order valence-electron chi connectivity index (χ1n) is 7.89. The van der Waals surface area contributed by atoms with Crippen LogP contribution in [0, 0.1) is 5.92 Å². The SMILES string of the molecule is NCC1(N2CCN(CC(F)(F)F)CC2)CN2CCC1CC2. The Kier molecular flexibility index (Phi) is 4.20. The molecule has 7 heteroatoms. The van der Waals surface area contributed by atoms with Gasteiger partial charge in [-0.05, 0) is 31.8 Å². The number of rotatable bonds is 3. The van der Waals surface area contributed by atoms with Crippen molar-refractivity contribution >= 4 is 0 Å². The lowest BCUT2D eigenvalue weighted by atomic mass is 9.71. The summed E-state index contributed by atoms with van der Waals surface area (Å²) in [5.41, 5.74) is 6.13. The molecular weight excluding hydrogens is 281 g/mol. The number of hydrogen-bond donors (Lipinski definition) is 1. The van der Waals surface area contributed by atoms with E-state index in [4.69, 9.17) is 5.73 Å². The largest absolute Gasteiger partial charge is 0.401 e. The Hall–Kier alpha value is -0.370. The summed E-state index contributed by atoms with van der Waals surface area (Å²) in [6, 6.07) is 0. The zero-order valence-corrected chi connectivity index (χ0v) is 12.4. The van der Waals surface area contributed by atoms with Crippen LogP contribution in [0.3, 0.4) is 0 Å². The number of fused-ring (bicyclic) bond motifs is 3. The Morgan fingerprint density at radius 3 is 2.05 bits per heavy atom. The van der Waals surface area contributed by atoms with E-state index in [1.54, 1.807) is 0 Å². The third kappa shape index (κ3) is 3.06. The van der Waals surface area contributed by atoms with Crippen LogP contribution in [0.25, 0.3) is 0 Å². The van der Waals surface area contributed by atoms with E-state index < -0.39 is 12.7 Å². The fourth-order valence-electron chi connectivity index (χ4n) is 4.47. The molecule has 0 spiro atoms. The van der Waals surface area contributed by atoms with Gasteiger partial charge in [0.25, 0.3) is 0 Å². The molecule has 4 aliphatic rings. The van der Waals surface area contributed by atoms with Gasteiger partial charge in [-0.15, -0.1) is 0 Å². The van der Waals surface area contributed by atoms with E-state index in [1.165, 1.54) is 17.7 Å². The molecule has 0 radical (unpaired) electrons. The minimum absolute atomic E-state index is 0.000816. The molecule has 21 heavy (non-hydrogen) atoms. The van der Waals surface area contributed by atoms with Crippen molar-refractivity contribution in [2.45, 2.75) is 24.6 Å². The van der Waals surface area contributed by atoms with Crippen LogP contribution in [-0.4, -0.2) is 85.3 Å². The smallest absolute Gasteiger partial charge is 0.329 e. The molecule has 1 unspecified atom stereocenters. The zero-order valence-electron chi connectivity index (χ0n) is 12.4. The molecule has 4 heterocycles. The van der Waals surface area contributed by atoms with Gasteiger partial charge in [0.05, 0.1) is 6.54 Å². The molecular formula is C14H25F3N4. The van der Waals surface area contributed by atoms with Crippen LogP contribution in [0.1, 0.15) is 12.8 Å². The van der Waals surface area contributed by atoms with Gasteiger partial charge >= 0.3 is 6.18 Å². The lowest BCUT2D eigenvalue weighted by Crippen LogP contribution is -2.72. The number of alkyl halides is 3. The van der Waals surface area contributed by atoms with E-state index in [0.717, 1.165) is 19.6 Å². The number of hydrogen-bond acceptors (Lipinski definition) is 4. The molecule has 4 aliphatic heterocycles. The summed E-state index contributed by atoms with van der Waals surface area (Å²) in [6.45, 7) is 5.53. The van der Waals surface area contributed by atoms with E-state index in [1.807, 2.05) is 0 Å². The standard InChI is InChI=1S/C14H25F3N4/c15-14(16,17)11-20-5-7-21(8-6-20)13(9-18)10-19-3-1-12(13)2-4-19/h12H,1-11,18H2. The normalized spacial score (nSPS) is 38.9. The molecule has 0 aromatic rings. The van der Waals surface area contributed by atoms with Gasteiger partial charge in [0.15, 0.2) is 0 Å². The number of halogens is 3. The topological polar surface area (TPSA) is 35.7 Å². The summed E-state index contributed by atoms with van der Waals surface area (Å²) in [5, 5.41) is 0. The molecule has 2 N–H and O–H groups in total. The Morgan fingerprint density at radius 2 is 1.62 bits per heavy atom. The van der Waals surface area contributed by atoms with Crippen LogP contribution in [0.4, 0.5) is 13.2 Å². The summed E-state index contributed by atoms with van der Waals surface area (Å²) in [6.07, 6.45) is -1.73. The number of nitrogens with two attached hydrogens (primary N) is 1. The first-order chi connectivity index (χ1) is 9.93. The number of piperidine rings is 3. The predicted octanol–water partition coefficient (Wildman–Crippen LogP) is 0.589. The molecule has 1 atom stereocenters. The molecule has 4 saturated heterocycles. The van der Waals surface area contributed by atoms with Crippen molar-refractivity contribution in [1.82, 2.24) is 14.7 Å². The first-order valence-corrected chi connectivity index (χ1v) is 7.89. The minimum Gasteiger partial charge on any atom is -0.329 e. The highest BCUT2D eigenvalue weighted by molar-refractivity contribution is 5.07. The maximum absolute atomic E-state index is 12.5. The molecule has 0 amide bonds. The van der Waals surface area contributed by atoms with Crippen molar-refractivity contribution in [3.05, 3.63) is 0 Å². The maximum Gasteiger partial charge on any atom is 0.401 e. The van der Waals surface area contributed by atoms with E-state index in [9.17, 15) is 13.2 Å². The number of nitrogens with zero attached hydrogens (tertiary/aromatic N) is 3. The van der Waals surface area contributed by atoms with Crippen LogP contribution >= 0.6 is 0 Å². The fraction of sp³-hybridized carbons (Fsp3) is 1.00. The van der Waals surface area contributed by atoms with Crippen molar-refractivity contribution in [3.8, 4) is 0 Å². The van der Waals surface area contributed by atoms with Gasteiger partial charge in [-0.3, -0.25) is 9.80 Å². The third-order valence-corrected chi connectivity index (χ3v) is 5.60. The van der Waals surface area contributed by atoms with Gasteiger partial charge < -0.3 is 10.6 Å². The van der Waals surface area contributed by atoms with Gasteiger partial charge in [-0.2, -0.15) is 13.2 Å². The van der Waals surface area contributed by atoms with Gasteiger partial charge in [0.1, 0.15) is 0 Å². The average Bonchev–Trinajstić information content (AvgIpc) is 2.47. The first kappa shape index (κ1) is 15.5. The molecule has 4 nitrogen and oxygen atoms in total. The van der Waals surface area contributed by atoms with Gasteiger partial charge in [-0.1, -0.05) is 0 Å². The van der Waals surface area contributed by atoms with Crippen molar-refractivity contribution in [3.63, 3.8) is 0 Å². The molecule has 4 fully saturated rings. The molecule has 2 bridgehead atoms. The van der Waals surface area contributed by atoms with Gasteiger partial charge in [-0.25, -0.2) is 0 Å². The monoisotopic (exact) mass is 306 g/mol. The number of piperazine rings is 1. The van der Waals surface area contributed by atoms with Crippen molar-refractivity contribution in [1.29, 1.82) is 0 Å². The molecule has 0 aliphatic carbocycles. The van der Waals surface area contributed by atoms with E-state index in [2.05, 4.69) is 9.80 Å². The lowest BCUT2D eigenvalue weighted by Gasteiger charge is -2.59. The second-order valence-corrected chi connectivity index (χ2v) is 6.74. The van der Waals surface area contributed by atoms with E-state index in [-0.39, 0.29) is 5.54 Å². The second kappa shape index (κ2) is 5.68. The molecule has 0 aromatic carbocycles. The second-order valence-electron chi connectivity index (χ2n) is 6.74. The Balaban J connectivity index is 1.63. The quantitative estimate of drug-likeness (QED) is 0.828. The minimum atomic E-state index is -4.09. The summed E-state index contributed by atoms with van der Waals surface area (Å²) < 4.78 is 37.4. The third-order valence-electron chi connectivity index (χ3n) is 5.60. The van der Waals surface area contributed by atoms with Crippen LogP contribution in [0.5, 0.6) is 0 Å². The Labute approximate surface area is 124 Å². The van der Waals surface area contributed by atoms with Crippen LogP contribution < -0.4 is 5.73 Å². The zero-order chi connectivity index (χ0) is 15.1. The average molecular weight is 306 g/mol. The van der Waals surface area contributed by atoms with Crippen LogP contribution in [0.2, 0.25) is 0 Å². The molecule has 0 saturated carbocycles. The fourth-order valence-corrected chi connectivity index (χ4v) is 4.47. The highest BCUT2D eigenvalue weighted by Gasteiger charge is 2.50. The predicted molar refractivity (Wildman–Crippen MR) is 75.0 cm³/mol. The summed E-state index contributed by atoms with van der Waals surface area (Å²) in [4.78, 5) is 6.37. The summed E-state index contributed by atoms with van der Waals surface area (Å²) in [7, 11) is 0.